The summed E-state index contributed by atoms with van der Waals surface area (Å²) in [5.74, 6) is -2.52. The van der Waals surface area contributed by atoms with E-state index < -0.39 is 35.0 Å². The Morgan fingerprint density at radius 2 is 2.03 bits per heavy atom. The van der Waals surface area contributed by atoms with Gasteiger partial charge in [0.15, 0.2) is 0 Å². The van der Waals surface area contributed by atoms with Crippen LogP contribution in [0.3, 0.4) is 0 Å². The third kappa shape index (κ3) is 4.19. The fourth-order valence-electron chi connectivity index (χ4n) is 6.21. The molecule has 0 aromatic rings. The lowest BCUT2D eigenvalue weighted by Gasteiger charge is -2.38. The molecule has 0 saturated carbocycles. The van der Waals surface area contributed by atoms with Gasteiger partial charge in [-0.1, -0.05) is 19.1 Å². The van der Waals surface area contributed by atoms with Crippen LogP contribution in [0.25, 0.3) is 0 Å². The lowest BCUT2D eigenvalue weighted by molar-refractivity contribution is -0.162. The number of allylic oxidation sites excluding steroid dienone is 1. The van der Waals surface area contributed by atoms with E-state index in [1.54, 1.807) is 11.0 Å². The highest BCUT2D eigenvalue weighted by Crippen LogP contribution is 2.64. The Morgan fingerprint density at radius 3 is 2.62 bits per heavy atom. The van der Waals surface area contributed by atoms with Crippen molar-refractivity contribution in [1.29, 1.82) is 0 Å². The number of hydrogen-bond acceptors (Lipinski definition) is 6. The smallest absolute Gasteiger partial charge is 0.312 e. The minimum atomic E-state index is -1.10. The summed E-state index contributed by atoms with van der Waals surface area (Å²) < 4.78 is 12.3. The molecule has 0 aromatic heterocycles. The van der Waals surface area contributed by atoms with Crippen LogP contribution in [0.4, 0.5) is 0 Å². The number of unbranched alkanes of at least 4 members (excludes halogenated alkanes) is 2. The van der Waals surface area contributed by atoms with E-state index in [4.69, 9.17) is 9.47 Å². The number of fused-ring (bicyclic) bond motifs is 1. The number of esters is 1. The van der Waals surface area contributed by atoms with Crippen LogP contribution >= 0.6 is 0 Å². The molecule has 0 aromatic carbocycles. The van der Waals surface area contributed by atoms with Gasteiger partial charge >= 0.3 is 5.97 Å². The number of aliphatic hydroxyl groups excluding tert-OH is 1. The van der Waals surface area contributed by atoms with Crippen molar-refractivity contribution in [2.75, 3.05) is 26.3 Å². The summed E-state index contributed by atoms with van der Waals surface area (Å²) in [6, 6.07) is -1.000. The zero-order valence-corrected chi connectivity index (χ0v) is 20.8. The second-order valence-electron chi connectivity index (χ2n) is 9.91. The molecule has 3 aliphatic rings. The summed E-state index contributed by atoms with van der Waals surface area (Å²) in [4.78, 5) is 44.1. The highest BCUT2D eigenvalue weighted by molar-refractivity contribution is 5.98. The van der Waals surface area contributed by atoms with Gasteiger partial charge in [-0.15, -0.1) is 13.2 Å². The second kappa shape index (κ2) is 10.6. The van der Waals surface area contributed by atoms with Gasteiger partial charge in [0.1, 0.15) is 17.6 Å². The van der Waals surface area contributed by atoms with Gasteiger partial charge < -0.3 is 24.4 Å². The lowest BCUT2D eigenvalue weighted by Crippen LogP contribution is -2.57. The average Bonchev–Trinajstić information content (AvgIpc) is 3.41. The maximum Gasteiger partial charge on any atom is 0.312 e. The summed E-state index contributed by atoms with van der Waals surface area (Å²) in [6.45, 7) is 13.6. The quantitative estimate of drug-likeness (QED) is 0.249. The van der Waals surface area contributed by atoms with Gasteiger partial charge in [-0.05, 0) is 52.4 Å². The molecule has 34 heavy (non-hydrogen) atoms. The van der Waals surface area contributed by atoms with E-state index in [-0.39, 0.29) is 37.6 Å². The molecule has 2 unspecified atom stereocenters. The van der Waals surface area contributed by atoms with Gasteiger partial charge in [-0.25, -0.2) is 0 Å². The van der Waals surface area contributed by atoms with Crippen LogP contribution in [0.5, 0.6) is 0 Å². The Labute approximate surface area is 202 Å². The van der Waals surface area contributed by atoms with E-state index in [0.717, 1.165) is 19.3 Å². The summed E-state index contributed by atoms with van der Waals surface area (Å²) in [6.07, 6.45) is 7.59. The van der Waals surface area contributed by atoms with Crippen molar-refractivity contribution in [1.82, 2.24) is 9.80 Å². The number of aliphatic hydroxyl groups is 1. The van der Waals surface area contributed by atoms with Crippen molar-refractivity contribution in [3.8, 4) is 0 Å². The van der Waals surface area contributed by atoms with Crippen LogP contribution in [0, 0.1) is 11.8 Å². The highest BCUT2D eigenvalue weighted by atomic mass is 16.6. The van der Waals surface area contributed by atoms with Crippen LogP contribution in [0.2, 0.25) is 0 Å². The average molecular weight is 477 g/mol. The zero-order chi connectivity index (χ0) is 25.1. The predicted octanol–water partition coefficient (Wildman–Crippen LogP) is 2.46. The summed E-state index contributed by atoms with van der Waals surface area (Å²) in [5.41, 5.74) is -1.91. The molecule has 0 aliphatic carbocycles. The normalized spacial score (nSPS) is 31.6. The Kier molecular flexibility index (Phi) is 8.24. The van der Waals surface area contributed by atoms with Crippen molar-refractivity contribution >= 4 is 17.8 Å². The SMILES string of the molecule is C=CCCCCOC(=O)[C@@H]1[C@H]2C(=O)N(CCO)C(C(=O)N(CC=C)C(C)C)C23CC[C@@]1(CC)O3. The van der Waals surface area contributed by atoms with Gasteiger partial charge in [-0.3, -0.25) is 14.4 Å². The van der Waals surface area contributed by atoms with Gasteiger partial charge in [0.25, 0.3) is 0 Å². The number of carbonyl (C=O) groups excluding carboxylic acids is 3. The molecule has 2 bridgehead atoms. The van der Waals surface area contributed by atoms with Gasteiger partial charge in [0.05, 0.1) is 24.7 Å². The summed E-state index contributed by atoms with van der Waals surface area (Å²) in [7, 11) is 0. The van der Waals surface area contributed by atoms with Crippen molar-refractivity contribution in [2.45, 2.75) is 82.6 Å². The van der Waals surface area contributed by atoms with E-state index in [1.165, 1.54) is 4.90 Å². The first-order chi connectivity index (χ1) is 16.2. The number of hydrogen-bond donors (Lipinski definition) is 1. The molecule has 8 nitrogen and oxygen atoms in total. The first kappa shape index (κ1) is 26.4. The molecule has 8 heteroatoms. The molecule has 5 atom stereocenters. The molecule has 0 radical (unpaired) electrons. The van der Waals surface area contributed by atoms with E-state index in [9.17, 15) is 19.5 Å². The van der Waals surface area contributed by atoms with E-state index in [2.05, 4.69) is 13.2 Å². The molecular formula is C26H40N2O6. The Balaban J connectivity index is 1.96. The monoisotopic (exact) mass is 476 g/mol. The van der Waals surface area contributed by atoms with Crippen molar-refractivity contribution in [3.05, 3.63) is 25.3 Å². The van der Waals surface area contributed by atoms with E-state index in [1.807, 2.05) is 26.8 Å². The van der Waals surface area contributed by atoms with Crippen molar-refractivity contribution < 1.29 is 29.0 Å². The molecule has 3 saturated heterocycles. The number of likely N-dealkylation sites (tertiary alicyclic amines) is 1. The molecule has 1 N–H and O–H groups in total. The third-order valence-electron chi connectivity index (χ3n) is 7.79. The van der Waals surface area contributed by atoms with Crippen LogP contribution < -0.4 is 0 Å². The first-order valence-corrected chi connectivity index (χ1v) is 12.5. The lowest BCUT2D eigenvalue weighted by atomic mass is 9.65. The van der Waals surface area contributed by atoms with Gasteiger partial charge in [0.2, 0.25) is 11.8 Å². The first-order valence-electron chi connectivity index (χ1n) is 12.5. The maximum absolute atomic E-state index is 13.9. The van der Waals surface area contributed by atoms with Gasteiger partial charge in [-0.2, -0.15) is 0 Å². The molecule has 2 amide bonds. The molecular weight excluding hydrogens is 436 g/mol. The summed E-state index contributed by atoms with van der Waals surface area (Å²) >= 11 is 0. The number of β-amino-alcohol motifs (C(OH)–C–C–N with tert-alkyl or cyclic N) is 1. The third-order valence-corrected chi connectivity index (χ3v) is 7.79. The van der Waals surface area contributed by atoms with Crippen LogP contribution in [-0.2, 0) is 23.9 Å². The number of amides is 2. The maximum atomic E-state index is 13.9. The Hall–Kier alpha value is -2.19. The van der Waals surface area contributed by atoms with Crippen LogP contribution in [-0.4, -0.2) is 82.3 Å². The fourth-order valence-corrected chi connectivity index (χ4v) is 6.21. The minimum Gasteiger partial charge on any atom is -0.465 e. The number of carbonyl (C=O) groups is 3. The zero-order valence-electron chi connectivity index (χ0n) is 20.8. The second-order valence-corrected chi connectivity index (χ2v) is 9.91. The molecule has 3 aliphatic heterocycles. The Bertz CT molecular complexity index is 813. The molecule has 1 spiro atoms. The molecule has 190 valence electrons. The van der Waals surface area contributed by atoms with Crippen LogP contribution in [0.15, 0.2) is 25.3 Å². The van der Waals surface area contributed by atoms with Crippen molar-refractivity contribution in [3.63, 3.8) is 0 Å². The molecule has 3 fully saturated rings. The predicted molar refractivity (Wildman–Crippen MR) is 128 cm³/mol. The van der Waals surface area contributed by atoms with E-state index >= 15 is 0 Å². The highest BCUT2D eigenvalue weighted by Gasteiger charge is 2.79. The number of ether oxygens (including phenoxy) is 2. The standard InChI is InChI=1S/C26H40N2O6/c1-6-9-10-11-17-33-24(32)20-19-22(30)28(15-16-29)21(23(31)27(14-7-2)18(4)5)26(19)13-12-25(20,8-3)34-26/h6-7,18-21,29H,1-2,8-17H2,3-5H3/t19-,20-,21?,25+,26?/m0/s1. The summed E-state index contributed by atoms with van der Waals surface area (Å²) in [5, 5.41) is 9.71. The number of rotatable bonds is 13. The topological polar surface area (TPSA) is 96.4 Å². The van der Waals surface area contributed by atoms with Crippen LogP contribution in [0.1, 0.15) is 59.3 Å². The van der Waals surface area contributed by atoms with E-state index in [0.29, 0.717) is 25.8 Å². The Morgan fingerprint density at radius 1 is 1.29 bits per heavy atom. The van der Waals surface area contributed by atoms with Crippen molar-refractivity contribution in [2.24, 2.45) is 11.8 Å². The minimum absolute atomic E-state index is 0.0132. The number of nitrogens with zero attached hydrogens (tertiary/aromatic N) is 2. The molecule has 3 rings (SSSR count). The largest absolute Gasteiger partial charge is 0.465 e. The van der Waals surface area contributed by atoms with Gasteiger partial charge in [0, 0.05) is 19.1 Å². The fraction of sp³-hybridized carbons (Fsp3) is 0.731. The molecule has 3 heterocycles.